The Morgan fingerprint density at radius 2 is 0.571 bits per heavy atom. The summed E-state index contributed by atoms with van der Waals surface area (Å²) in [6.07, 6.45) is 0. The molecule has 0 amide bonds. The molecule has 0 aromatic heterocycles. The van der Waals surface area contributed by atoms with E-state index in [-0.39, 0.29) is 7.43 Å². The Kier molecular flexibility index (Phi) is 27.9. The molecule has 0 unspecified atom stereocenters. The molecule has 0 aromatic rings. The van der Waals surface area contributed by atoms with Crippen LogP contribution in [0.25, 0.3) is 0 Å². The Labute approximate surface area is 135 Å². The van der Waals surface area contributed by atoms with Crippen molar-refractivity contribution in [3.05, 3.63) is 0 Å². The quantitative estimate of drug-likeness (QED) is 0.506. The van der Waals surface area contributed by atoms with Gasteiger partial charge in [0, 0.05) is 39.6 Å². The van der Waals surface area contributed by atoms with Crippen molar-refractivity contribution in [2.24, 2.45) is 0 Å². The third-order valence-electron chi connectivity index (χ3n) is 1.82. The highest BCUT2D eigenvalue weighted by atomic mass is 28.3. The van der Waals surface area contributed by atoms with Crippen molar-refractivity contribution in [2.75, 3.05) is 39.6 Å². The minimum absolute atomic E-state index is 0. The zero-order valence-electron chi connectivity index (χ0n) is 13.8. The minimum Gasteiger partial charge on any atom is -0.376 e. The lowest BCUT2D eigenvalue weighted by molar-refractivity contribution is 0.106. The summed E-state index contributed by atoms with van der Waals surface area (Å²) in [5, 5.41) is 0. The number of hydrogen-bond donors (Lipinski definition) is 0. The molecule has 6 nitrogen and oxygen atoms in total. The summed E-state index contributed by atoms with van der Waals surface area (Å²) in [5.74, 6) is 0. The highest BCUT2D eigenvalue weighted by Crippen LogP contribution is 1.91. The molecule has 0 rings (SSSR count). The van der Waals surface area contributed by atoms with E-state index in [1.807, 2.05) is 41.5 Å². The molecule has 0 spiro atoms. The van der Waals surface area contributed by atoms with Crippen LogP contribution in [0.4, 0.5) is 0 Å². The van der Waals surface area contributed by atoms with E-state index in [0.29, 0.717) is 39.6 Å². The third kappa shape index (κ3) is 20.2. The molecule has 0 fully saturated rings. The van der Waals surface area contributed by atoms with Gasteiger partial charge in [-0.25, -0.2) is 0 Å². The molecule has 8 heteroatoms. The molecule has 21 heavy (non-hydrogen) atoms. The van der Waals surface area contributed by atoms with Gasteiger partial charge in [-0.05, 0) is 41.5 Å². The van der Waals surface area contributed by atoms with Gasteiger partial charge in [-0.2, -0.15) is 0 Å². The first-order valence-electron chi connectivity index (χ1n) is 7.39. The fourth-order valence-corrected chi connectivity index (χ4v) is 3.32. The van der Waals surface area contributed by atoms with E-state index in [9.17, 15) is 0 Å². The molecule has 132 valence electrons. The van der Waals surface area contributed by atoms with Crippen molar-refractivity contribution in [3.63, 3.8) is 0 Å². The second kappa shape index (κ2) is 22.5. The predicted octanol–water partition coefficient (Wildman–Crippen LogP) is 2.26. The lowest BCUT2D eigenvalue weighted by Gasteiger charge is -2.12. The lowest BCUT2D eigenvalue weighted by atomic mass is 10.9. The van der Waals surface area contributed by atoms with Crippen molar-refractivity contribution in [1.29, 1.82) is 0 Å². The largest absolute Gasteiger partial charge is 0.484 e. The normalized spacial score (nSPS) is 10.3. The molecule has 0 saturated heterocycles. The van der Waals surface area contributed by atoms with Crippen LogP contribution in [0.15, 0.2) is 0 Å². The SMILES string of the molecule is C.CCO[SiH](OCC)OCC.CCO[SiH](OCC)OCC. The highest BCUT2D eigenvalue weighted by Gasteiger charge is 2.11. The first-order chi connectivity index (χ1) is 9.69. The Morgan fingerprint density at radius 3 is 0.667 bits per heavy atom. The predicted molar refractivity (Wildman–Crippen MR) is 90.8 cm³/mol. The third-order valence-corrected chi connectivity index (χ3v) is 5.45. The van der Waals surface area contributed by atoms with E-state index in [1.165, 1.54) is 0 Å². The van der Waals surface area contributed by atoms with Crippen molar-refractivity contribution in [1.82, 2.24) is 0 Å². The monoisotopic (exact) mass is 344 g/mol. The number of rotatable bonds is 12. The van der Waals surface area contributed by atoms with Gasteiger partial charge in [-0.3, -0.25) is 0 Å². The summed E-state index contributed by atoms with van der Waals surface area (Å²) in [4.78, 5) is 0. The zero-order chi connectivity index (χ0) is 15.6. The molecule has 0 N–H and O–H groups in total. The molecular weight excluding hydrogens is 308 g/mol. The average molecular weight is 345 g/mol. The van der Waals surface area contributed by atoms with Crippen LogP contribution in [0.2, 0.25) is 0 Å². The van der Waals surface area contributed by atoms with Crippen LogP contribution in [-0.4, -0.2) is 58.7 Å². The van der Waals surface area contributed by atoms with Crippen molar-refractivity contribution in [2.45, 2.75) is 49.0 Å². The van der Waals surface area contributed by atoms with E-state index in [0.717, 1.165) is 0 Å². The second-order valence-corrected chi connectivity index (χ2v) is 6.46. The van der Waals surface area contributed by atoms with E-state index < -0.39 is 19.1 Å². The van der Waals surface area contributed by atoms with Crippen LogP contribution in [0, 0.1) is 0 Å². The summed E-state index contributed by atoms with van der Waals surface area (Å²) < 4.78 is 31.3. The van der Waals surface area contributed by atoms with Crippen LogP contribution >= 0.6 is 0 Å². The summed E-state index contributed by atoms with van der Waals surface area (Å²) in [7, 11) is -3.47. The molecule has 0 aliphatic heterocycles. The van der Waals surface area contributed by atoms with Gasteiger partial charge in [0.1, 0.15) is 0 Å². The second-order valence-electron chi connectivity index (χ2n) is 3.31. The van der Waals surface area contributed by atoms with Gasteiger partial charge in [0.2, 0.25) is 0 Å². The van der Waals surface area contributed by atoms with E-state index in [2.05, 4.69) is 0 Å². The van der Waals surface area contributed by atoms with Crippen LogP contribution < -0.4 is 0 Å². The minimum atomic E-state index is -1.73. The zero-order valence-corrected chi connectivity index (χ0v) is 16.2. The highest BCUT2D eigenvalue weighted by molar-refractivity contribution is 6.36. The standard InChI is InChI=1S/2C6H16O3Si.CH4/c2*1-4-7-10(8-5-2)9-6-3;/h2*10H,4-6H2,1-3H3;1H4. The first kappa shape index (κ1) is 26.1. The summed E-state index contributed by atoms with van der Waals surface area (Å²) in [5.41, 5.74) is 0. The number of hydrogen-bond acceptors (Lipinski definition) is 6. The van der Waals surface area contributed by atoms with Gasteiger partial charge in [0.15, 0.2) is 0 Å². The Balaban J connectivity index is -0.000000295. The van der Waals surface area contributed by atoms with Gasteiger partial charge in [-0.1, -0.05) is 7.43 Å². The Bertz CT molecular complexity index is 130. The fraction of sp³-hybridized carbons (Fsp3) is 1.00. The van der Waals surface area contributed by atoms with Gasteiger partial charge < -0.3 is 26.6 Å². The molecular formula is C13H36O6Si2. The van der Waals surface area contributed by atoms with Crippen LogP contribution in [0.3, 0.4) is 0 Å². The van der Waals surface area contributed by atoms with E-state index in [4.69, 9.17) is 26.6 Å². The summed E-state index contributed by atoms with van der Waals surface area (Å²) >= 11 is 0. The van der Waals surface area contributed by atoms with Crippen molar-refractivity contribution in [3.8, 4) is 0 Å². The van der Waals surface area contributed by atoms with Crippen molar-refractivity contribution < 1.29 is 26.6 Å². The molecule has 0 heterocycles. The smallest absolute Gasteiger partial charge is 0.376 e. The van der Waals surface area contributed by atoms with Gasteiger partial charge in [0.05, 0.1) is 0 Å². The lowest BCUT2D eigenvalue weighted by Crippen LogP contribution is -2.27. The maximum atomic E-state index is 5.22. The van der Waals surface area contributed by atoms with Crippen LogP contribution in [-0.2, 0) is 26.6 Å². The van der Waals surface area contributed by atoms with Gasteiger partial charge >= 0.3 is 19.1 Å². The van der Waals surface area contributed by atoms with Crippen molar-refractivity contribution >= 4 is 19.1 Å². The maximum Gasteiger partial charge on any atom is 0.484 e. The van der Waals surface area contributed by atoms with Crippen LogP contribution in [0.1, 0.15) is 49.0 Å². The van der Waals surface area contributed by atoms with E-state index in [1.54, 1.807) is 0 Å². The molecule has 0 aliphatic carbocycles. The molecule has 0 bridgehead atoms. The molecule has 0 atom stereocenters. The summed E-state index contributed by atoms with van der Waals surface area (Å²) in [6, 6.07) is 0. The van der Waals surface area contributed by atoms with Gasteiger partial charge in [-0.15, -0.1) is 0 Å². The topological polar surface area (TPSA) is 55.4 Å². The Morgan fingerprint density at radius 1 is 0.429 bits per heavy atom. The van der Waals surface area contributed by atoms with Gasteiger partial charge in [0.25, 0.3) is 0 Å². The molecule has 0 aromatic carbocycles. The molecule has 0 radical (unpaired) electrons. The first-order valence-corrected chi connectivity index (χ1v) is 10.2. The molecule has 0 aliphatic rings. The summed E-state index contributed by atoms with van der Waals surface area (Å²) in [6.45, 7) is 15.7. The Hall–Kier alpha value is 0.194. The van der Waals surface area contributed by atoms with E-state index >= 15 is 0 Å². The average Bonchev–Trinajstić information content (AvgIpc) is 2.41. The fourth-order valence-electron chi connectivity index (χ4n) is 1.11. The van der Waals surface area contributed by atoms with Crippen LogP contribution in [0.5, 0.6) is 0 Å². The molecule has 0 saturated carbocycles. The maximum absolute atomic E-state index is 5.22.